The lowest BCUT2D eigenvalue weighted by atomic mass is 10.1. The summed E-state index contributed by atoms with van der Waals surface area (Å²) >= 11 is 4.63. The van der Waals surface area contributed by atoms with E-state index in [0.717, 1.165) is 18.6 Å². The van der Waals surface area contributed by atoms with Crippen LogP contribution in [0.2, 0.25) is 0 Å². The van der Waals surface area contributed by atoms with E-state index in [2.05, 4.69) is 12.2 Å². The second-order valence-electron chi connectivity index (χ2n) is 6.11. The predicted molar refractivity (Wildman–Crippen MR) is 113 cm³/mol. The number of nitro groups is 1. The summed E-state index contributed by atoms with van der Waals surface area (Å²) in [6.07, 6.45) is -0.699. The molecule has 166 valence electrons. The van der Waals surface area contributed by atoms with Gasteiger partial charge in [0, 0.05) is 0 Å². The summed E-state index contributed by atoms with van der Waals surface area (Å²) in [6, 6.07) is 8.72. The molecule has 13 heteroatoms. The molecule has 0 atom stereocenters. The molecular weight excluding hydrogens is 450 g/mol. The number of nitrogens with zero attached hydrogens (tertiary/aromatic N) is 2. The van der Waals surface area contributed by atoms with E-state index in [-0.39, 0.29) is 16.2 Å². The van der Waals surface area contributed by atoms with E-state index in [1.165, 1.54) is 30.3 Å². The first-order valence-electron chi connectivity index (χ1n) is 8.79. The first-order chi connectivity index (χ1) is 14.5. The van der Waals surface area contributed by atoms with E-state index in [9.17, 15) is 23.3 Å². The third-order valence-electron chi connectivity index (χ3n) is 3.87. The summed E-state index contributed by atoms with van der Waals surface area (Å²) in [7, 11) is -4.28. The molecule has 1 amide bonds. The molecule has 0 bridgehead atoms. The van der Waals surface area contributed by atoms with E-state index < -0.39 is 38.5 Å². The molecule has 3 N–H and O–H groups in total. The fourth-order valence-corrected chi connectivity index (χ4v) is 3.47. The van der Waals surface area contributed by atoms with Crippen molar-refractivity contribution in [2.75, 3.05) is 6.61 Å². The van der Waals surface area contributed by atoms with Crippen molar-refractivity contribution >= 4 is 39.2 Å². The standard InChI is InChI=1S/C18H19N3O8S2/c1-2-9-28-13-5-7-15(8-6-13)31(26,27)29-14-4-3-12(16(10-14)21(24)25)11-20(17(19)30)18(22)23/h3-8,10H,2,9,11H2,1H3,(H2,19,30)(H,22,23). The van der Waals surface area contributed by atoms with E-state index in [4.69, 9.17) is 19.8 Å². The highest BCUT2D eigenvalue weighted by molar-refractivity contribution is 7.87. The summed E-state index contributed by atoms with van der Waals surface area (Å²) in [4.78, 5) is 22.2. The molecule has 31 heavy (non-hydrogen) atoms. The summed E-state index contributed by atoms with van der Waals surface area (Å²) in [5.74, 6) is 0.167. The predicted octanol–water partition coefficient (Wildman–Crippen LogP) is 2.87. The van der Waals surface area contributed by atoms with Crippen molar-refractivity contribution in [2.24, 2.45) is 5.73 Å². The SMILES string of the molecule is CCCOc1ccc(S(=O)(=O)Oc2ccc(CN(C(=O)O)C(N)=S)c([N+](=O)[O-])c2)cc1. The Labute approximate surface area is 183 Å². The van der Waals surface area contributed by atoms with Gasteiger partial charge in [-0.2, -0.15) is 8.42 Å². The molecule has 0 radical (unpaired) electrons. The van der Waals surface area contributed by atoms with Crippen molar-refractivity contribution in [3.63, 3.8) is 0 Å². The van der Waals surface area contributed by atoms with Crippen LogP contribution in [-0.2, 0) is 16.7 Å². The smallest absolute Gasteiger partial charge is 0.413 e. The Bertz CT molecular complexity index is 1070. The molecule has 0 aliphatic heterocycles. The van der Waals surface area contributed by atoms with Crippen molar-refractivity contribution < 1.29 is 32.2 Å². The van der Waals surface area contributed by atoms with Crippen LogP contribution in [0.3, 0.4) is 0 Å². The molecule has 2 rings (SSSR count). The number of amides is 1. The van der Waals surface area contributed by atoms with Crippen LogP contribution in [0.5, 0.6) is 11.5 Å². The number of ether oxygens (including phenoxy) is 1. The first kappa shape index (κ1) is 23.8. The molecule has 0 fully saturated rings. The van der Waals surface area contributed by atoms with Gasteiger partial charge in [0.25, 0.3) is 5.69 Å². The van der Waals surface area contributed by atoms with Crippen LogP contribution in [-0.4, -0.2) is 41.2 Å². The molecule has 0 unspecified atom stereocenters. The second kappa shape index (κ2) is 10.0. The van der Waals surface area contributed by atoms with Gasteiger partial charge in [-0.15, -0.1) is 0 Å². The molecule has 0 aliphatic carbocycles. The van der Waals surface area contributed by atoms with Gasteiger partial charge in [0.2, 0.25) is 0 Å². The van der Waals surface area contributed by atoms with Crippen molar-refractivity contribution in [3.8, 4) is 11.5 Å². The fourth-order valence-electron chi connectivity index (χ4n) is 2.41. The molecule has 2 aromatic rings. The van der Waals surface area contributed by atoms with Gasteiger partial charge >= 0.3 is 16.2 Å². The molecule has 0 heterocycles. The molecule has 0 aromatic heterocycles. The van der Waals surface area contributed by atoms with Crippen molar-refractivity contribution in [1.82, 2.24) is 4.90 Å². The number of hydrogen-bond acceptors (Lipinski definition) is 8. The van der Waals surface area contributed by atoms with Crippen LogP contribution in [0.15, 0.2) is 47.4 Å². The lowest BCUT2D eigenvalue weighted by Gasteiger charge is -2.17. The Morgan fingerprint density at radius 3 is 2.35 bits per heavy atom. The minimum Gasteiger partial charge on any atom is -0.494 e. The number of nitrogens with two attached hydrogens (primary N) is 1. The lowest BCUT2D eigenvalue weighted by molar-refractivity contribution is -0.385. The van der Waals surface area contributed by atoms with Crippen molar-refractivity contribution in [2.45, 2.75) is 24.8 Å². The fraction of sp³-hybridized carbons (Fsp3) is 0.222. The minimum atomic E-state index is -4.28. The Kier molecular flexibility index (Phi) is 7.72. The van der Waals surface area contributed by atoms with Gasteiger partial charge in [0.15, 0.2) is 5.11 Å². The van der Waals surface area contributed by atoms with Crippen LogP contribution >= 0.6 is 12.2 Å². The van der Waals surface area contributed by atoms with E-state index in [1.807, 2.05) is 6.92 Å². The summed E-state index contributed by atoms with van der Waals surface area (Å²) in [5, 5.41) is 20.0. The van der Waals surface area contributed by atoms with Crippen molar-refractivity contribution in [3.05, 3.63) is 58.1 Å². The Morgan fingerprint density at radius 1 is 1.23 bits per heavy atom. The van der Waals surface area contributed by atoms with Gasteiger partial charge in [-0.25, -0.2) is 9.69 Å². The molecule has 0 saturated heterocycles. The number of thiocarbonyl (C=S) groups is 1. The maximum absolute atomic E-state index is 12.5. The van der Waals surface area contributed by atoms with Gasteiger partial charge in [0.1, 0.15) is 16.4 Å². The van der Waals surface area contributed by atoms with Gasteiger partial charge in [-0.3, -0.25) is 10.1 Å². The Balaban J connectivity index is 2.28. The third kappa shape index (κ3) is 6.26. The van der Waals surface area contributed by atoms with Crippen LogP contribution in [0, 0.1) is 10.1 Å². The summed E-state index contributed by atoms with van der Waals surface area (Å²) < 4.78 is 35.4. The first-order valence-corrected chi connectivity index (χ1v) is 10.6. The Morgan fingerprint density at radius 2 is 1.84 bits per heavy atom. The quantitative estimate of drug-likeness (QED) is 0.242. The summed E-state index contributed by atoms with van der Waals surface area (Å²) in [6.45, 7) is 1.92. The van der Waals surface area contributed by atoms with Gasteiger partial charge in [0.05, 0.1) is 29.7 Å². The number of benzene rings is 2. The highest BCUT2D eigenvalue weighted by atomic mass is 32.2. The maximum Gasteiger partial charge on any atom is 0.413 e. The van der Waals surface area contributed by atoms with Gasteiger partial charge in [-0.05, 0) is 55.0 Å². The largest absolute Gasteiger partial charge is 0.494 e. The van der Waals surface area contributed by atoms with Crippen LogP contribution < -0.4 is 14.7 Å². The number of carboxylic acid groups (broad SMARTS) is 1. The highest BCUT2D eigenvalue weighted by Gasteiger charge is 2.24. The van der Waals surface area contributed by atoms with Crippen LogP contribution in [0.25, 0.3) is 0 Å². The normalized spacial score (nSPS) is 10.9. The third-order valence-corrected chi connectivity index (χ3v) is 5.35. The van der Waals surface area contributed by atoms with Gasteiger partial charge < -0.3 is 19.8 Å². The average Bonchev–Trinajstić information content (AvgIpc) is 2.70. The number of rotatable bonds is 9. The lowest BCUT2D eigenvalue weighted by Crippen LogP contribution is -2.39. The molecule has 0 saturated carbocycles. The minimum absolute atomic E-state index is 0.0534. The van der Waals surface area contributed by atoms with Crippen LogP contribution in [0.4, 0.5) is 10.5 Å². The van der Waals surface area contributed by atoms with E-state index in [1.54, 1.807) is 0 Å². The topological polar surface area (TPSA) is 162 Å². The molecular formula is C18H19N3O8S2. The highest BCUT2D eigenvalue weighted by Crippen LogP contribution is 2.28. The summed E-state index contributed by atoms with van der Waals surface area (Å²) in [5.41, 5.74) is 4.71. The zero-order valence-electron chi connectivity index (χ0n) is 16.3. The van der Waals surface area contributed by atoms with Crippen LogP contribution in [0.1, 0.15) is 18.9 Å². The molecule has 0 spiro atoms. The van der Waals surface area contributed by atoms with E-state index >= 15 is 0 Å². The van der Waals surface area contributed by atoms with Gasteiger partial charge in [-0.1, -0.05) is 6.92 Å². The maximum atomic E-state index is 12.5. The zero-order valence-corrected chi connectivity index (χ0v) is 17.9. The van der Waals surface area contributed by atoms with Crippen molar-refractivity contribution in [1.29, 1.82) is 0 Å². The molecule has 11 nitrogen and oxygen atoms in total. The molecule has 0 aliphatic rings. The average molecular weight is 469 g/mol. The second-order valence-corrected chi connectivity index (χ2v) is 8.08. The van der Waals surface area contributed by atoms with E-state index in [0.29, 0.717) is 17.3 Å². The number of nitro benzene ring substituents is 1. The molecule has 2 aromatic carbocycles. The zero-order chi connectivity index (χ0) is 23.2. The monoisotopic (exact) mass is 469 g/mol. The Hall–Kier alpha value is -3.45. The number of carbonyl (C=O) groups is 1. The number of hydrogen-bond donors (Lipinski definition) is 2.